The third-order valence-corrected chi connectivity index (χ3v) is 3.05. The van der Waals surface area contributed by atoms with Crippen LogP contribution in [0.4, 0.5) is 0 Å². The highest BCUT2D eigenvalue weighted by atomic mass is 15.1. The van der Waals surface area contributed by atoms with Gasteiger partial charge in [0.2, 0.25) is 0 Å². The van der Waals surface area contributed by atoms with Gasteiger partial charge in [0.15, 0.2) is 0 Å². The zero-order valence-corrected chi connectivity index (χ0v) is 10.1. The largest absolute Gasteiger partial charge is 0.306 e. The lowest BCUT2D eigenvalue weighted by Gasteiger charge is -2.29. The smallest absolute Gasteiger partial charge is 0.00159 e. The molecule has 0 saturated carbocycles. The molecule has 1 heteroatoms. The maximum atomic E-state index is 3.73. The second kappa shape index (κ2) is 6.62. The fourth-order valence-electron chi connectivity index (χ4n) is 2.13. The average Bonchev–Trinajstić information content (AvgIpc) is 2.25. The first kappa shape index (κ1) is 12.3. The number of likely N-dealkylation sites (tertiary alicyclic amines) is 1. The molecule has 1 rings (SSSR count). The molecule has 84 valence electrons. The zero-order chi connectivity index (χ0) is 11.1. The Bertz CT molecular complexity index is 242. The van der Waals surface area contributed by atoms with Gasteiger partial charge in [-0.3, -0.25) is 0 Å². The van der Waals surface area contributed by atoms with Gasteiger partial charge in [-0.1, -0.05) is 37.8 Å². The van der Waals surface area contributed by atoms with Gasteiger partial charge in [0.1, 0.15) is 0 Å². The lowest BCUT2D eigenvalue weighted by Crippen LogP contribution is -2.30. The molecular weight excluding hydrogens is 182 g/mol. The highest BCUT2D eigenvalue weighted by Crippen LogP contribution is 2.25. The molecule has 0 aromatic rings. The van der Waals surface area contributed by atoms with Crippen molar-refractivity contribution in [1.29, 1.82) is 0 Å². The molecule has 0 amide bonds. The molecular formula is C14H23N. The van der Waals surface area contributed by atoms with E-state index in [4.69, 9.17) is 0 Å². The van der Waals surface area contributed by atoms with Crippen LogP contribution in [-0.4, -0.2) is 25.0 Å². The van der Waals surface area contributed by atoms with Gasteiger partial charge < -0.3 is 4.90 Å². The molecule has 15 heavy (non-hydrogen) atoms. The summed E-state index contributed by atoms with van der Waals surface area (Å²) in [5, 5.41) is 0. The van der Waals surface area contributed by atoms with Crippen molar-refractivity contribution in [3.8, 4) is 0 Å². The van der Waals surface area contributed by atoms with Crippen LogP contribution in [0.2, 0.25) is 0 Å². The van der Waals surface area contributed by atoms with Crippen LogP contribution in [-0.2, 0) is 0 Å². The summed E-state index contributed by atoms with van der Waals surface area (Å²) in [6.07, 6.45) is 12.2. The van der Waals surface area contributed by atoms with E-state index in [0.717, 1.165) is 12.3 Å². The van der Waals surface area contributed by atoms with E-state index >= 15 is 0 Å². The third-order valence-electron chi connectivity index (χ3n) is 3.05. The third kappa shape index (κ3) is 4.05. The molecule has 1 saturated heterocycles. The summed E-state index contributed by atoms with van der Waals surface area (Å²) in [7, 11) is 2.21. The van der Waals surface area contributed by atoms with E-state index in [0.29, 0.717) is 0 Å². The molecule has 0 aromatic heterocycles. The zero-order valence-electron chi connectivity index (χ0n) is 10.1. The SMILES string of the molecule is C=C/C=C\C(=C/CC)C1CCN(C)CC1. The van der Waals surface area contributed by atoms with Crippen molar-refractivity contribution in [3.63, 3.8) is 0 Å². The lowest BCUT2D eigenvalue weighted by molar-refractivity contribution is 0.240. The van der Waals surface area contributed by atoms with E-state index < -0.39 is 0 Å². The minimum absolute atomic E-state index is 0.761. The summed E-state index contributed by atoms with van der Waals surface area (Å²) in [5.41, 5.74) is 1.51. The summed E-state index contributed by atoms with van der Waals surface area (Å²) in [6, 6.07) is 0. The van der Waals surface area contributed by atoms with Crippen molar-refractivity contribution in [2.45, 2.75) is 26.2 Å². The average molecular weight is 205 g/mol. The van der Waals surface area contributed by atoms with Crippen LogP contribution in [0.15, 0.2) is 36.5 Å². The Morgan fingerprint density at radius 1 is 1.40 bits per heavy atom. The topological polar surface area (TPSA) is 3.24 Å². The van der Waals surface area contributed by atoms with Gasteiger partial charge >= 0.3 is 0 Å². The first-order valence-electron chi connectivity index (χ1n) is 5.95. The van der Waals surface area contributed by atoms with Crippen molar-refractivity contribution in [2.75, 3.05) is 20.1 Å². The molecule has 1 aliphatic rings. The fraction of sp³-hybridized carbons (Fsp3) is 0.571. The van der Waals surface area contributed by atoms with Crippen molar-refractivity contribution >= 4 is 0 Å². The molecule has 0 bridgehead atoms. The number of piperidine rings is 1. The molecule has 0 N–H and O–H groups in total. The molecule has 0 aliphatic carbocycles. The Labute approximate surface area is 94.2 Å². The number of allylic oxidation sites excluding steroid dienone is 5. The summed E-state index contributed by atoms with van der Waals surface area (Å²) >= 11 is 0. The minimum atomic E-state index is 0.761. The molecule has 0 aromatic carbocycles. The number of nitrogens with zero attached hydrogens (tertiary/aromatic N) is 1. The molecule has 1 fully saturated rings. The summed E-state index contributed by atoms with van der Waals surface area (Å²) in [6.45, 7) is 8.39. The predicted molar refractivity (Wildman–Crippen MR) is 67.9 cm³/mol. The minimum Gasteiger partial charge on any atom is -0.306 e. The molecule has 1 aliphatic heterocycles. The van der Waals surface area contributed by atoms with E-state index in [-0.39, 0.29) is 0 Å². The van der Waals surface area contributed by atoms with E-state index in [1.54, 1.807) is 0 Å². The van der Waals surface area contributed by atoms with Crippen molar-refractivity contribution in [1.82, 2.24) is 4.90 Å². The van der Waals surface area contributed by atoms with Crippen LogP contribution in [0.25, 0.3) is 0 Å². The highest BCUT2D eigenvalue weighted by molar-refractivity contribution is 5.24. The van der Waals surface area contributed by atoms with Gasteiger partial charge in [-0.15, -0.1) is 0 Å². The van der Waals surface area contributed by atoms with E-state index in [1.807, 2.05) is 6.08 Å². The van der Waals surface area contributed by atoms with Crippen molar-refractivity contribution < 1.29 is 0 Å². The predicted octanol–water partition coefficient (Wildman–Crippen LogP) is 3.41. The van der Waals surface area contributed by atoms with Crippen LogP contribution in [0.5, 0.6) is 0 Å². The Kier molecular flexibility index (Phi) is 5.41. The van der Waals surface area contributed by atoms with Crippen LogP contribution >= 0.6 is 0 Å². The van der Waals surface area contributed by atoms with E-state index in [9.17, 15) is 0 Å². The maximum absolute atomic E-state index is 3.73. The second-order valence-corrected chi connectivity index (χ2v) is 4.28. The number of hydrogen-bond donors (Lipinski definition) is 0. The van der Waals surface area contributed by atoms with Gasteiger partial charge in [0, 0.05) is 0 Å². The quantitative estimate of drug-likeness (QED) is 0.636. The van der Waals surface area contributed by atoms with Crippen LogP contribution in [0.3, 0.4) is 0 Å². The van der Waals surface area contributed by atoms with Gasteiger partial charge in [0.05, 0.1) is 0 Å². The lowest BCUT2D eigenvalue weighted by atomic mass is 9.88. The molecule has 0 unspecified atom stereocenters. The summed E-state index contributed by atoms with van der Waals surface area (Å²) < 4.78 is 0. The summed E-state index contributed by atoms with van der Waals surface area (Å²) in [5.74, 6) is 0.761. The van der Waals surface area contributed by atoms with Gasteiger partial charge in [-0.25, -0.2) is 0 Å². The molecule has 0 atom stereocenters. The summed E-state index contributed by atoms with van der Waals surface area (Å²) in [4.78, 5) is 2.41. The number of rotatable bonds is 4. The Morgan fingerprint density at radius 3 is 2.60 bits per heavy atom. The van der Waals surface area contributed by atoms with E-state index in [2.05, 4.69) is 43.7 Å². The normalized spacial score (nSPS) is 21.1. The van der Waals surface area contributed by atoms with Crippen molar-refractivity contribution in [3.05, 3.63) is 36.5 Å². The standard InChI is InChI=1S/C14H23N/c1-4-6-8-13(7-5-2)14-9-11-15(3)12-10-14/h4,6-8,14H,1,5,9-12H2,2-3H3/b8-6-,13-7+. The molecule has 0 spiro atoms. The Hall–Kier alpha value is -0.820. The monoisotopic (exact) mass is 205 g/mol. The molecule has 1 heterocycles. The van der Waals surface area contributed by atoms with Gasteiger partial charge in [-0.2, -0.15) is 0 Å². The van der Waals surface area contributed by atoms with Gasteiger partial charge in [0.25, 0.3) is 0 Å². The maximum Gasteiger partial charge on any atom is -0.00159 e. The Morgan fingerprint density at radius 2 is 2.07 bits per heavy atom. The first-order valence-corrected chi connectivity index (χ1v) is 5.95. The molecule has 0 radical (unpaired) electrons. The Balaban J connectivity index is 2.60. The van der Waals surface area contributed by atoms with Crippen LogP contribution < -0.4 is 0 Å². The molecule has 1 nitrogen and oxygen atoms in total. The first-order chi connectivity index (χ1) is 7.27. The van der Waals surface area contributed by atoms with Crippen LogP contribution in [0, 0.1) is 5.92 Å². The van der Waals surface area contributed by atoms with Crippen molar-refractivity contribution in [2.24, 2.45) is 5.92 Å². The van der Waals surface area contributed by atoms with Crippen LogP contribution in [0.1, 0.15) is 26.2 Å². The highest BCUT2D eigenvalue weighted by Gasteiger charge is 2.18. The second-order valence-electron chi connectivity index (χ2n) is 4.28. The van der Waals surface area contributed by atoms with E-state index in [1.165, 1.54) is 31.5 Å². The van der Waals surface area contributed by atoms with Gasteiger partial charge in [-0.05, 0) is 50.9 Å². The fourth-order valence-corrected chi connectivity index (χ4v) is 2.13. The number of hydrogen-bond acceptors (Lipinski definition) is 1.